The molecule has 1 unspecified atom stereocenters. The Balaban J connectivity index is 0.00000160. The summed E-state index contributed by atoms with van der Waals surface area (Å²) in [6.45, 7) is 6.32. The Morgan fingerprint density at radius 3 is 2.63 bits per heavy atom. The van der Waals surface area contributed by atoms with Gasteiger partial charge in [0.1, 0.15) is 9.88 Å². The maximum atomic E-state index is 13.4. The van der Waals surface area contributed by atoms with Crippen molar-refractivity contribution in [1.29, 1.82) is 0 Å². The fraction of sp³-hybridized carbons (Fsp3) is 0.318. The number of piperazine rings is 1. The van der Waals surface area contributed by atoms with E-state index in [0.717, 1.165) is 35.9 Å². The molecule has 1 atom stereocenters. The molecular weight excluding hydrogens is 439 g/mol. The number of carbonyl (C=O) groups is 1. The van der Waals surface area contributed by atoms with Gasteiger partial charge in [-0.1, -0.05) is 37.3 Å². The average Bonchev–Trinajstić information content (AvgIpc) is 3.15. The van der Waals surface area contributed by atoms with Crippen LogP contribution in [0.4, 0.5) is 0 Å². The lowest BCUT2D eigenvalue weighted by molar-refractivity contribution is 0.0638. The maximum absolute atomic E-state index is 13.4. The van der Waals surface area contributed by atoms with Crippen LogP contribution in [0.15, 0.2) is 48.7 Å². The van der Waals surface area contributed by atoms with Crippen molar-refractivity contribution in [2.75, 3.05) is 19.6 Å². The quantitative estimate of drug-likeness (QED) is 0.607. The van der Waals surface area contributed by atoms with Crippen LogP contribution in [0.3, 0.4) is 0 Å². The first kappa shape index (κ1) is 24.3. The molecule has 4 rings (SSSR count). The van der Waals surface area contributed by atoms with Gasteiger partial charge >= 0.3 is 0 Å². The summed E-state index contributed by atoms with van der Waals surface area (Å²) in [5, 5.41) is 4.22. The number of pyridine rings is 1. The van der Waals surface area contributed by atoms with Crippen LogP contribution in [-0.2, 0) is 6.42 Å². The Labute approximate surface area is 193 Å². The van der Waals surface area contributed by atoms with Crippen LogP contribution in [0.2, 0.25) is 0 Å². The fourth-order valence-electron chi connectivity index (χ4n) is 3.54. The number of carbonyl (C=O) groups excluding carboxylic acids is 1. The molecule has 5 nitrogen and oxygen atoms in total. The standard InChI is InChI=1S/C22H24N4OS.2ClH/c1-3-16-7-9-17(10-8-16)19-14-23-12-13-26(19)22(27)20-15(2)25-21(28-20)18-6-4-5-11-24-18;;/h4-11,19,23H,3,12-14H2,1-2H3;2*1H. The fourth-order valence-corrected chi connectivity index (χ4v) is 4.54. The van der Waals surface area contributed by atoms with Crippen molar-refractivity contribution < 1.29 is 4.79 Å². The molecule has 1 aliphatic rings. The van der Waals surface area contributed by atoms with Crippen molar-refractivity contribution in [2.45, 2.75) is 26.3 Å². The Bertz CT molecular complexity index is 963. The average molecular weight is 465 g/mol. The van der Waals surface area contributed by atoms with Crippen LogP contribution in [0.5, 0.6) is 0 Å². The maximum Gasteiger partial charge on any atom is 0.266 e. The van der Waals surface area contributed by atoms with E-state index in [4.69, 9.17) is 0 Å². The van der Waals surface area contributed by atoms with E-state index in [-0.39, 0.29) is 36.8 Å². The predicted octanol–water partition coefficient (Wildman–Crippen LogP) is 4.71. The molecule has 1 N–H and O–H groups in total. The summed E-state index contributed by atoms with van der Waals surface area (Å²) in [5.74, 6) is 0.0586. The molecule has 0 saturated carbocycles. The van der Waals surface area contributed by atoms with Crippen molar-refractivity contribution >= 4 is 42.1 Å². The van der Waals surface area contributed by atoms with Crippen LogP contribution < -0.4 is 5.32 Å². The molecule has 1 fully saturated rings. The minimum Gasteiger partial charge on any atom is -0.328 e. The number of nitrogens with one attached hydrogen (secondary N) is 1. The minimum absolute atomic E-state index is 0. The van der Waals surface area contributed by atoms with Crippen molar-refractivity contribution in [1.82, 2.24) is 20.2 Å². The van der Waals surface area contributed by atoms with Gasteiger partial charge < -0.3 is 10.2 Å². The Morgan fingerprint density at radius 1 is 1.20 bits per heavy atom. The normalized spacial score (nSPS) is 15.8. The summed E-state index contributed by atoms with van der Waals surface area (Å²) in [5.41, 5.74) is 4.06. The second-order valence-corrected chi connectivity index (χ2v) is 7.96. The van der Waals surface area contributed by atoms with E-state index in [2.05, 4.69) is 46.5 Å². The molecule has 1 amide bonds. The van der Waals surface area contributed by atoms with Gasteiger partial charge in [0.05, 0.1) is 17.4 Å². The summed E-state index contributed by atoms with van der Waals surface area (Å²) < 4.78 is 0. The van der Waals surface area contributed by atoms with Crippen molar-refractivity contribution in [2.24, 2.45) is 0 Å². The molecule has 1 saturated heterocycles. The molecule has 3 heterocycles. The van der Waals surface area contributed by atoms with Crippen LogP contribution in [0.1, 0.15) is 39.5 Å². The zero-order valence-electron chi connectivity index (χ0n) is 17.0. The smallest absolute Gasteiger partial charge is 0.266 e. The van der Waals surface area contributed by atoms with Gasteiger partial charge in [0.2, 0.25) is 0 Å². The van der Waals surface area contributed by atoms with E-state index in [9.17, 15) is 4.79 Å². The highest BCUT2D eigenvalue weighted by atomic mass is 35.5. The van der Waals surface area contributed by atoms with E-state index in [1.54, 1.807) is 6.20 Å². The molecule has 1 aromatic carbocycles. The molecule has 160 valence electrons. The van der Waals surface area contributed by atoms with Crippen LogP contribution in [0, 0.1) is 6.92 Å². The Morgan fingerprint density at radius 2 is 1.97 bits per heavy atom. The largest absolute Gasteiger partial charge is 0.328 e. The number of benzene rings is 1. The summed E-state index contributed by atoms with van der Waals surface area (Å²) >= 11 is 1.43. The first-order valence-corrected chi connectivity index (χ1v) is 10.5. The van der Waals surface area contributed by atoms with Crippen molar-refractivity contribution in [3.8, 4) is 10.7 Å². The summed E-state index contributed by atoms with van der Waals surface area (Å²) in [7, 11) is 0. The molecule has 0 radical (unpaired) electrons. The van der Waals surface area contributed by atoms with Gasteiger partial charge in [0, 0.05) is 25.8 Å². The lowest BCUT2D eigenvalue weighted by Gasteiger charge is -2.36. The molecule has 0 spiro atoms. The number of amides is 1. The van der Waals surface area contributed by atoms with E-state index >= 15 is 0 Å². The monoisotopic (exact) mass is 464 g/mol. The van der Waals surface area contributed by atoms with Crippen LogP contribution in [-0.4, -0.2) is 40.4 Å². The number of hydrogen-bond donors (Lipinski definition) is 1. The first-order chi connectivity index (χ1) is 13.7. The molecule has 0 aliphatic carbocycles. The topological polar surface area (TPSA) is 58.1 Å². The molecule has 8 heteroatoms. The lowest BCUT2D eigenvalue weighted by atomic mass is 10.0. The molecular formula is C22H26Cl2N4OS. The second-order valence-electron chi connectivity index (χ2n) is 6.96. The van der Waals surface area contributed by atoms with Gasteiger partial charge in [0.25, 0.3) is 5.91 Å². The van der Waals surface area contributed by atoms with E-state index in [0.29, 0.717) is 11.4 Å². The van der Waals surface area contributed by atoms with Gasteiger partial charge in [-0.3, -0.25) is 9.78 Å². The number of rotatable bonds is 4. The number of aryl methyl sites for hydroxylation is 2. The number of halogens is 2. The molecule has 30 heavy (non-hydrogen) atoms. The van der Waals surface area contributed by atoms with E-state index < -0.39 is 0 Å². The predicted molar refractivity (Wildman–Crippen MR) is 127 cm³/mol. The third-order valence-electron chi connectivity index (χ3n) is 5.15. The second kappa shape index (κ2) is 10.9. The lowest BCUT2D eigenvalue weighted by Crippen LogP contribution is -2.48. The highest BCUT2D eigenvalue weighted by Gasteiger charge is 2.31. The number of nitrogens with zero attached hydrogens (tertiary/aromatic N) is 3. The van der Waals surface area contributed by atoms with Crippen LogP contribution >= 0.6 is 36.2 Å². The third-order valence-corrected chi connectivity index (χ3v) is 6.32. The SMILES string of the molecule is CCc1ccc(C2CNCCN2C(=O)c2sc(-c3ccccn3)nc2C)cc1.Cl.Cl. The van der Waals surface area contributed by atoms with Gasteiger partial charge in [-0.2, -0.15) is 0 Å². The Hall–Kier alpha value is -1.99. The van der Waals surface area contributed by atoms with Gasteiger partial charge in [-0.15, -0.1) is 36.2 Å². The summed E-state index contributed by atoms with van der Waals surface area (Å²) in [6, 6.07) is 14.4. The molecule has 1 aliphatic heterocycles. The number of thiazole rings is 1. The zero-order valence-corrected chi connectivity index (χ0v) is 19.4. The first-order valence-electron chi connectivity index (χ1n) is 9.66. The molecule has 3 aromatic rings. The van der Waals surface area contributed by atoms with E-state index in [1.807, 2.05) is 30.0 Å². The molecule has 2 aromatic heterocycles. The summed E-state index contributed by atoms with van der Waals surface area (Å²) in [6.07, 6.45) is 2.77. The van der Waals surface area contributed by atoms with Gasteiger partial charge in [0.15, 0.2) is 0 Å². The zero-order chi connectivity index (χ0) is 19.5. The minimum atomic E-state index is 0. The Kier molecular flexibility index (Phi) is 8.79. The summed E-state index contributed by atoms with van der Waals surface area (Å²) in [4.78, 5) is 25.1. The highest BCUT2D eigenvalue weighted by molar-refractivity contribution is 7.17. The van der Waals surface area contributed by atoms with Crippen LogP contribution in [0.25, 0.3) is 10.7 Å². The van der Waals surface area contributed by atoms with Gasteiger partial charge in [-0.05, 0) is 36.6 Å². The van der Waals surface area contributed by atoms with E-state index in [1.165, 1.54) is 22.5 Å². The third kappa shape index (κ3) is 5.01. The van der Waals surface area contributed by atoms with Crippen molar-refractivity contribution in [3.05, 3.63) is 70.4 Å². The number of hydrogen-bond acceptors (Lipinski definition) is 5. The van der Waals surface area contributed by atoms with Gasteiger partial charge in [-0.25, -0.2) is 4.98 Å². The van der Waals surface area contributed by atoms with Crippen molar-refractivity contribution in [3.63, 3.8) is 0 Å². The highest BCUT2D eigenvalue weighted by Crippen LogP contribution is 2.31. The number of aromatic nitrogens is 2. The molecule has 0 bridgehead atoms.